The molecule has 0 aromatic rings. The molecule has 0 radical (unpaired) electrons. The molecule has 3 unspecified atom stereocenters. The summed E-state index contributed by atoms with van der Waals surface area (Å²) in [4.78, 5) is 47.1. The standard InChI is InChI=1S/C23H42N6O6/c1-12(24)23(34)29-11-22(33)28-10-21(32)27-9-16-7-15(20(8-17(16)25)35-13(2)30)5-14-3-4-19(31)18(26)6-14/h12,14-20,31H,3-11,24-26H2,1-2H3,(H,27,32)(H,28,33)(H,29,34)/t12?,14?,15?,16-,17-,18-,19+,20+/m0/s1. The molecule has 3 amide bonds. The van der Waals surface area contributed by atoms with Crippen molar-refractivity contribution in [3.05, 3.63) is 0 Å². The molecule has 0 aliphatic heterocycles. The van der Waals surface area contributed by atoms with E-state index in [1.807, 2.05) is 0 Å². The Morgan fingerprint density at radius 2 is 1.60 bits per heavy atom. The van der Waals surface area contributed by atoms with Gasteiger partial charge in [0.15, 0.2) is 0 Å². The Bertz CT molecular complexity index is 750. The molecule has 2 fully saturated rings. The Balaban J connectivity index is 1.83. The van der Waals surface area contributed by atoms with E-state index in [1.54, 1.807) is 0 Å². The molecule has 0 saturated heterocycles. The van der Waals surface area contributed by atoms with Crippen LogP contribution in [0.5, 0.6) is 0 Å². The summed E-state index contributed by atoms with van der Waals surface area (Å²) in [6.07, 6.45) is 3.50. The van der Waals surface area contributed by atoms with E-state index in [-0.39, 0.29) is 55.0 Å². The molecule has 2 aliphatic carbocycles. The summed E-state index contributed by atoms with van der Waals surface area (Å²) >= 11 is 0. The van der Waals surface area contributed by atoms with E-state index in [1.165, 1.54) is 13.8 Å². The topological polar surface area (TPSA) is 212 Å². The number of aliphatic hydroxyl groups excluding tert-OH is 1. The second kappa shape index (κ2) is 13.7. The van der Waals surface area contributed by atoms with Gasteiger partial charge in [-0.1, -0.05) is 0 Å². The van der Waals surface area contributed by atoms with Gasteiger partial charge in [0.2, 0.25) is 17.7 Å². The molecule has 2 saturated carbocycles. The molecule has 35 heavy (non-hydrogen) atoms. The first-order chi connectivity index (χ1) is 16.5. The van der Waals surface area contributed by atoms with Gasteiger partial charge in [-0.15, -0.1) is 0 Å². The lowest BCUT2D eigenvalue weighted by Gasteiger charge is -2.42. The molecule has 0 aromatic carbocycles. The predicted octanol–water partition coefficient (Wildman–Crippen LogP) is -2.15. The number of hydrogen-bond acceptors (Lipinski definition) is 9. The summed E-state index contributed by atoms with van der Waals surface area (Å²) in [6, 6.07) is -1.23. The van der Waals surface area contributed by atoms with Gasteiger partial charge in [-0.05, 0) is 56.8 Å². The van der Waals surface area contributed by atoms with Gasteiger partial charge in [0.25, 0.3) is 0 Å². The van der Waals surface area contributed by atoms with Gasteiger partial charge in [-0.25, -0.2) is 0 Å². The number of esters is 1. The quantitative estimate of drug-likeness (QED) is 0.163. The van der Waals surface area contributed by atoms with Crippen LogP contribution in [0.1, 0.15) is 52.4 Å². The van der Waals surface area contributed by atoms with Gasteiger partial charge in [0.05, 0.1) is 25.2 Å². The van der Waals surface area contributed by atoms with Crippen molar-refractivity contribution in [2.75, 3.05) is 19.6 Å². The molecule has 2 rings (SSSR count). The van der Waals surface area contributed by atoms with Crippen LogP contribution in [0, 0.1) is 17.8 Å². The van der Waals surface area contributed by atoms with Gasteiger partial charge in [0, 0.05) is 32.0 Å². The van der Waals surface area contributed by atoms with Crippen LogP contribution in [0.15, 0.2) is 0 Å². The molecule has 0 heterocycles. The maximum atomic E-state index is 12.2. The highest BCUT2D eigenvalue weighted by atomic mass is 16.5. The number of carbonyl (C=O) groups is 4. The molecule has 0 spiro atoms. The summed E-state index contributed by atoms with van der Waals surface area (Å²) in [5, 5.41) is 17.6. The van der Waals surface area contributed by atoms with Crippen molar-refractivity contribution in [1.82, 2.24) is 16.0 Å². The van der Waals surface area contributed by atoms with Gasteiger partial charge in [-0.3, -0.25) is 19.2 Å². The highest BCUT2D eigenvalue weighted by Gasteiger charge is 2.39. The summed E-state index contributed by atoms with van der Waals surface area (Å²) in [7, 11) is 0. The van der Waals surface area contributed by atoms with Crippen LogP contribution >= 0.6 is 0 Å². The smallest absolute Gasteiger partial charge is 0.302 e. The van der Waals surface area contributed by atoms with Crippen LogP contribution < -0.4 is 33.2 Å². The van der Waals surface area contributed by atoms with Gasteiger partial charge in [-0.2, -0.15) is 0 Å². The van der Waals surface area contributed by atoms with Crippen molar-refractivity contribution in [3.63, 3.8) is 0 Å². The third-order valence-electron chi connectivity index (χ3n) is 7.01. The molecule has 0 bridgehead atoms. The van der Waals surface area contributed by atoms with E-state index in [2.05, 4.69) is 16.0 Å². The van der Waals surface area contributed by atoms with Crippen LogP contribution in [0.25, 0.3) is 0 Å². The minimum atomic E-state index is -0.725. The summed E-state index contributed by atoms with van der Waals surface area (Å²) in [6.45, 7) is 2.74. The SMILES string of the molecule is CC(=O)O[C@@H]1C[C@H](N)[C@H](CNC(=O)CNC(=O)CNC(=O)C(C)N)CC1CC1CC[C@@H](O)[C@@H](N)C1. The molecule has 8 atom stereocenters. The number of nitrogens with one attached hydrogen (secondary N) is 3. The molecule has 12 heteroatoms. The van der Waals surface area contributed by atoms with Crippen LogP contribution in [0.2, 0.25) is 0 Å². The van der Waals surface area contributed by atoms with E-state index < -0.39 is 24.0 Å². The zero-order chi connectivity index (χ0) is 26.1. The van der Waals surface area contributed by atoms with Gasteiger partial charge in [0.1, 0.15) is 6.10 Å². The number of hydrogen-bond donors (Lipinski definition) is 7. The number of ether oxygens (including phenoxy) is 1. The Morgan fingerprint density at radius 3 is 2.23 bits per heavy atom. The van der Waals surface area contributed by atoms with E-state index in [9.17, 15) is 24.3 Å². The van der Waals surface area contributed by atoms with Crippen LogP contribution in [0.3, 0.4) is 0 Å². The van der Waals surface area contributed by atoms with Crippen molar-refractivity contribution in [2.45, 2.75) is 82.7 Å². The molecule has 10 N–H and O–H groups in total. The summed E-state index contributed by atoms with van der Waals surface area (Å²) in [5.41, 5.74) is 17.8. The highest BCUT2D eigenvalue weighted by Crippen LogP contribution is 2.38. The minimum Gasteiger partial charge on any atom is -0.462 e. The third kappa shape index (κ3) is 9.71. The molecule has 200 valence electrons. The number of amides is 3. The average Bonchev–Trinajstić information content (AvgIpc) is 2.78. The lowest BCUT2D eigenvalue weighted by molar-refractivity contribution is -0.152. The van der Waals surface area contributed by atoms with Crippen molar-refractivity contribution >= 4 is 23.7 Å². The second-order valence-corrected chi connectivity index (χ2v) is 10.0. The van der Waals surface area contributed by atoms with Crippen molar-refractivity contribution in [3.8, 4) is 0 Å². The Morgan fingerprint density at radius 1 is 0.943 bits per heavy atom. The second-order valence-electron chi connectivity index (χ2n) is 10.0. The van der Waals surface area contributed by atoms with Crippen molar-refractivity contribution in [2.24, 2.45) is 35.0 Å². The van der Waals surface area contributed by atoms with Crippen LogP contribution in [-0.2, 0) is 23.9 Å². The van der Waals surface area contributed by atoms with E-state index in [4.69, 9.17) is 21.9 Å². The Kier molecular flexibility index (Phi) is 11.3. The number of aliphatic hydroxyl groups is 1. The number of rotatable bonds is 10. The normalized spacial score (nSPS) is 31.7. The largest absolute Gasteiger partial charge is 0.462 e. The monoisotopic (exact) mass is 498 g/mol. The van der Waals surface area contributed by atoms with Crippen LogP contribution in [0.4, 0.5) is 0 Å². The third-order valence-corrected chi connectivity index (χ3v) is 7.01. The van der Waals surface area contributed by atoms with E-state index >= 15 is 0 Å². The molecular weight excluding hydrogens is 456 g/mol. The maximum Gasteiger partial charge on any atom is 0.302 e. The average molecular weight is 499 g/mol. The molecule has 0 aromatic heterocycles. The fourth-order valence-corrected chi connectivity index (χ4v) is 5.01. The Labute approximate surface area is 206 Å². The Hall–Kier alpha value is -2.28. The van der Waals surface area contributed by atoms with Crippen molar-refractivity contribution in [1.29, 1.82) is 0 Å². The van der Waals surface area contributed by atoms with Crippen molar-refractivity contribution < 1.29 is 29.0 Å². The van der Waals surface area contributed by atoms with Gasteiger partial charge >= 0.3 is 5.97 Å². The van der Waals surface area contributed by atoms with E-state index in [0.29, 0.717) is 31.7 Å². The van der Waals surface area contributed by atoms with E-state index in [0.717, 1.165) is 19.3 Å². The maximum absolute atomic E-state index is 12.2. The molecular formula is C23H42N6O6. The van der Waals surface area contributed by atoms with Gasteiger partial charge < -0.3 is 43.0 Å². The summed E-state index contributed by atoms with van der Waals surface area (Å²) < 4.78 is 5.58. The first kappa shape index (κ1) is 29.0. The first-order valence-electron chi connectivity index (χ1n) is 12.4. The number of nitrogens with two attached hydrogens (primary N) is 3. The zero-order valence-electron chi connectivity index (χ0n) is 20.7. The van der Waals surface area contributed by atoms with Crippen LogP contribution in [-0.4, -0.2) is 78.8 Å². The molecule has 2 aliphatic rings. The summed E-state index contributed by atoms with van der Waals surface area (Å²) in [5.74, 6) is -1.26. The molecule has 12 nitrogen and oxygen atoms in total. The number of carbonyl (C=O) groups excluding carboxylic acids is 4. The lowest BCUT2D eigenvalue weighted by atomic mass is 9.70. The lowest BCUT2D eigenvalue weighted by Crippen LogP contribution is -2.50. The fraction of sp³-hybridized carbons (Fsp3) is 0.826. The zero-order valence-corrected chi connectivity index (χ0v) is 20.7. The first-order valence-corrected chi connectivity index (χ1v) is 12.4. The highest BCUT2D eigenvalue weighted by molar-refractivity contribution is 5.89. The minimum absolute atomic E-state index is 0.0142. The fourth-order valence-electron chi connectivity index (χ4n) is 5.01. The predicted molar refractivity (Wildman–Crippen MR) is 128 cm³/mol.